The highest BCUT2D eigenvalue weighted by atomic mass is 35.5. The Kier molecular flexibility index (Phi) is 37.9. The molecule has 0 unspecified atom stereocenters. The summed E-state index contributed by atoms with van der Waals surface area (Å²) in [5.41, 5.74) is 8.54. The number of benzene rings is 10. The second-order valence-corrected chi connectivity index (χ2v) is 30.6. The average molecular weight is 1960 g/mol. The number of carbonyl (C=O) groups is 5. The van der Waals surface area contributed by atoms with E-state index in [0.717, 1.165) is 5.69 Å². The molecule has 141 heavy (non-hydrogen) atoms. The first-order valence-electron chi connectivity index (χ1n) is 42.3. The molecule has 29 nitrogen and oxygen atoms in total. The van der Waals surface area contributed by atoms with Crippen molar-refractivity contribution in [3.8, 4) is 80.5 Å². The van der Waals surface area contributed by atoms with E-state index in [1.54, 1.807) is 274 Å². The van der Waals surface area contributed by atoms with Crippen molar-refractivity contribution in [1.82, 2.24) is 24.9 Å². The Morgan fingerprint density at radius 1 is 0.277 bits per heavy atom. The Morgan fingerprint density at radius 2 is 0.532 bits per heavy atom. The number of anilines is 10. The minimum absolute atomic E-state index is 0.00165. The SMILES string of the molecule is COc1ccc(/C=C/C(=O)c2cccnc2Nc2cc(OC)c(OC)c(OC)c2)cc1O.COc1ccc(/C=C/C(=O)c2cccnc2Nc2ccc(Cl)cc2)cc1O.COc1ccc(/C=C/C(=O)c2cccnc2Nc2ccc(Cl)cc2Cl)cc1O.COc1ccc(/C=C/C(=O)c2cccnc2Nc2ccc(F)cc2)cc1O.COc1ccc(/C=C/C(=O)c2cccnc2Nc2ccc(O)cc2)cc1O. The molecule has 0 radical (unpaired) electrons. The lowest BCUT2D eigenvalue weighted by Crippen LogP contribution is -2.04. The monoisotopic (exact) mass is 1960 g/mol. The minimum atomic E-state index is -0.344. The van der Waals surface area contributed by atoms with E-state index >= 15 is 0 Å². The summed E-state index contributed by atoms with van der Waals surface area (Å²) in [4.78, 5) is 84.5. The molecule has 0 fully saturated rings. The van der Waals surface area contributed by atoms with Gasteiger partial charge in [0.05, 0.1) is 95.4 Å². The van der Waals surface area contributed by atoms with E-state index in [0.29, 0.717) is 169 Å². The van der Waals surface area contributed by atoms with Gasteiger partial charge in [-0.2, -0.15) is 0 Å². The number of aromatic hydroxyl groups is 6. The molecule has 33 heteroatoms. The van der Waals surface area contributed by atoms with E-state index in [-0.39, 0.29) is 69.2 Å². The number of carbonyl (C=O) groups excluding carboxylic acids is 5. The van der Waals surface area contributed by atoms with Gasteiger partial charge in [0, 0.05) is 75.9 Å². The zero-order chi connectivity index (χ0) is 101. The molecule has 11 N–H and O–H groups in total. The Hall–Kier alpha value is -18.0. The van der Waals surface area contributed by atoms with Gasteiger partial charge in [0.1, 0.15) is 40.7 Å². The van der Waals surface area contributed by atoms with Crippen molar-refractivity contribution in [2.75, 3.05) is 83.5 Å². The third-order valence-corrected chi connectivity index (χ3v) is 20.8. The van der Waals surface area contributed by atoms with Gasteiger partial charge in [-0.25, -0.2) is 29.3 Å². The Labute approximate surface area is 825 Å². The molecule has 0 spiro atoms. The fourth-order valence-electron chi connectivity index (χ4n) is 12.9. The summed E-state index contributed by atoms with van der Waals surface area (Å²) in [5.74, 6) is 3.79. The lowest BCUT2D eigenvalue weighted by atomic mass is 10.1. The Bertz CT molecular complexity index is 6680. The number of hydrogen-bond donors (Lipinski definition) is 11. The maximum Gasteiger partial charge on any atom is 0.203 e. The number of phenols is 6. The predicted octanol–water partition coefficient (Wildman–Crippen LogP) is 24.0. The van der Waals surface area contributed by atoms with Crippen LogP contribution in [0.25, 0.3) is 30.4 Å². The molecule has 0 atom stereocenters. The van der Waals surface area contributed by atoms with Crippen molar-refractivity contribution in [1.29, 1.82) is 0 Å². The van der Waals surface area contributed by atoms with Crippen LogP contribution in [0.15, 0.2) is 316 Å². The van der Waals surface area contributed by atoms with Crippen LogP contribution in [0.2, 0.25) is 15.1 Å². The van der Waals surface area contributed by atoms with Crippen molar-refractivity contribution in [3.63, 3.8) is 0 Å². The number of phenolic OH excluding ortho intramolecular Hbond substituents is 6. The first-order chi connectivity index (χ1) is 68.2. The number of rotatable bonds is 33. The number of ether oxygens (including phenoxy) is 8. The number of pyridine rings is 5. The van der Waals surface area contributed by atoms with Crippen molar-refractivity contribution in [2.24, 2.45) is 0 Å². The van der Waals surface area contributed by atoms with Gasteiger partial charge in [0.15, 0.2) is 97.9 Å². The van der Waals surface area contributed by atoms with Crippen LogP contribution in [0.3, 0.4) is 0 Å². The quantitative estimate of drug-likeness (QED) is 0.0103. The normalized spacial score (nSPS) is 10.7. The van der Waals surface area contributed by atoms with E-state index in [9.17, 15) is 59.0 Å². The van der Waals surface area contributed by atoms with Gasteiger partial charge < -0.3 is 95.1 Å². The fourth-order valence-corrected chi connectivity index (χ4v) is 13.5. The first-order valence-corrected chi connectivity index (χ1v) is 43.4. The number of ketones is 5. The summed E-state index contributed by atoms with van der Waals surface area (Å²) in [6.07, 6.45) is 23.0. The summed E-state index contributed by atoms with van der Waals surface area (Å²) in [6, 6.07) is 69.0. The molecule has 10 aromatic carbocycles. The summed E-state index contributed by atoms with van der Waals surface area (Å²) in [6.45, 7) is 0. The van der Waals surface area contributed by atoms with Crippen LogP contribution >= 0.6 is 34.8 Å². The molecule has 0 saturated heterocycles. The van der Waals surface area contributed by atoms with E-state index < -0.39 is 0 Å². The van der Waals surface area contributed by atoms with Gasteiger partial charge >= 0.3 is 0 Å². The predicted molar refractivity (Wildman–Crippen MR) is 546 cm³/mol. The number of allylic oxidation sites excluding steroid dienone is 5. The van der Waals surface area contributed by atoms with Crippen LogP contribution in [0.4, 0.5) is 61.9 Å². The minimum Gasteiger partial charge on any atom is -0.508 e. The van der Waals surface area contributed by atoms with Crippen molar-refractivity contribution in [3.05, 3.63) is 393 Å². The van der Waals surface area contributed by atoms with Crippen molar-refractivity contribution >= 4 is 152 Å². The molecule has 716 valence electrons. The summed E-state index contributed by atoms with van der Waals surface area (Å²) in [7, 11) is 11.9. The van der Waals surface area contributed by atoms with Crippen LogP contribution in [0, 0.1) is 5.82 Å². The standard InChI is InChI=1S/C24H24N2O6.C21H16Cl2N2O3.C21H17ClN2O3.C21H17FN2O3.C21H18N2O4/c1-29-20-10-8-15(12-19(20)28)7-9-18(27)17-6-5-11-25-24(17)26-16-13-21(30-2)23(32-4)22(14-16)31-3;1-28-20-9-5-13(11-19(20)27)4-8-18(26)15-3-2-10-24-21(15)25-17-7-6-14(22)12-16(17)23;2*1-27-20-11-5-14(13-19(20)26)4-10-18(25)17-3-2-12-23-21(17)24-16-8-6-15(22)7-9-16;1-27-20-11-5-14(13-19(20)26)4-10-18(25)17-3-2-12-22-21(17)23-15-6-8-16(24)9-7-15/h5-14,28H,1-4H3,(H,25,26);2-12,27H,1H3,(H,24,25);2*2-13,26H,1H3,(H,23,24);2-13,24,26H,1H3,(H,22,23)/b9-7+;8-4+;3*10-4+. The second kappa shape index (κ2) is 51.6. The topological polar surface area (TPSA) is 405 Å². The van der Waals surface area contributed by atoms with Crippen LogP contribution in [-0.4, -0.2) is 141 Å². The molecule has 15 aromatic rings. The lowest BCUT2D eigenvalue weighted by Gasteiger charge is -2.15. The molecular formula is C108H92Cl3FN10O19. The highest BCUT2D eigenvalue weighted by Crippen LogP contribution is 2.42. The molecule has 15 rings (SSSR count). The molecule has 0 saturated carbocycles. The number of aromatic nitrogens is 5. The Balaban J connectivity index is 0.000000169. The van der Waals surface area contributed by atoms with Crippen LogP contribution in [0.5, 0.6) is 80.5 Å². The van der Waals surface area contributed by atoms with Crippen LogP contribution in [0.1, 0.15) is 79.6 Å². The molecule has 0 aliphatic heterocycles. The van der Waals surface area contributed by atoms with Gasteiger partial charge in [-0.15, -0.1) is 0 Å². The number of hydrogen-bond acceptors (Lipinski definition) is 29. The molecule has 0 amide bonds. The highest BCUT2D eigenvalue weighted by molar-refractivity contribution is 6.36. The third kappa shape index (κ3) is 30.0. The van der Waals surface area contributed by atoms with Crippen molar-refractivity contribution < 1.29 is 96.9 Å². The van der Waals surface area contributed by atoms with Gasteiger partial charge in [0.2, 0.25) is 5.75 Å². The average Bonchev–Trinajstić information content (AvgIpc) is 0.813. The fraction of sp³-hybridized carbons (Fsp3) is 0.0741. The number of methoxy groups -OCH3 is 8. The van der Waals surface area contributed by atoms with Gasteiger partial charge in [-0.1, -0.05) is 95.5 Å². The zero-order valence-corrected chi connectivity index (χ0v) is 78.9. The van der Waals surface area contributed by atoms with Gasteiger partial charge in [-0.05, 0) is 271 Å². The molecule has 5 heterocycles. The number of nitrogens with zero attached hydrogens (tertiary/aromatic N) is 5. The van der Waals surface area contributed by atoms with E-state index in [4.69, 9.17) is 72.7 Å². The Morgan fingerprint density at radius 3 is 0.794 bits per heavy atom. The molecule has 0 aliphatic rings. The summed E-state index contributed by atoms with van der Waals surface area (Å²) >= 11 is 18.0. The summed E-state index contributed by atoms with van der Waals surface area (Å²) in [5, 5.41) is 75.5. The zero-order valence-electron chi connectivity index (χ0n) is 76.6. The van der Waals surface area contributed by atoms with Crippen LogP contribution in [-0.2, 0) is 0 Å². The maximum atomic E-state index is 13.0. The van der Waals surface area contributed by atoms with Gasteiger partial charge in [0.25, 0.3) is 0 Å². The third-order valence-electron chi connectivity index (χ3n) is 20.0. The van der Waals surface area contributed by atoms with Gasteiger partial charge in [-0.3, -0.25) is 24.0 Å². The van der Waals surface area contributed by atoms with E-state index in [1.807, 2.05) is 0 Å². The summed E-state index contributed by atoms with van der Waals surface area (Å²) < 4.78 is 54.2. The molecular weight excluding hydrogens is 1870 g/mol. The largest absolute Gasteiger partial charge is 0.508 e. The molecule has 0 aliphatic carbocycles. The first kappa shape index (κ1) is 103. The highest BCUT2D eigenvalue weighted by Gasteiger charge is 2.20. The second-order valence-electron chi connectivity index (χ2n) is 29.4. The van der Waals surface area contributed by atoms with E-state index in [1.165, 1.54) is 130 Å². The maximum absolute atomic E-state index is 13.0. The van der Waals surface area contributed by atoms with Crippen molar-refractivity contribution in [2.45, 2.75) is 0 Å². The smallest absolute Gasteiger partial charge is 0.203 e. The molecule has 0 bridgehead atoms. The number of nitrogens with one attached hydrogen (secondary N) is 5. The molecule has 5 aromatic heterocycles. The van der Waals surface area contributed by atoms with E-state index in [2.05, 4.69) is 51.5 Å². The van der Waals surface area contributed by atoms with Crippen LogP contribution < -0.4 is 64.5 Å². The number of halogens is 4. The lowest BCUT2D eigenvalue weighted by molar-refractivity contribution is 0.104.